The fraction of sp³-hybridized carbons (Fsp3) is 0.462. The summed E-state index contributed by atoms with van der Waals surface area (Å²) in [5.74, 6) is 0. The van der Waals surface area contributed by atoms with E-state index in [2.05, 4.69) is 39.5 Å². The Morgan fingerprint density at radius 1 is 1.27 bits per heavy atom. The number of alkyl halides is 1. The molecule has 2 aliphatic carbocycles. The van der Waals surface area contributed by atoms with Crippen molar-refractivity contribution in [2.45, 2.75) is 66.9 Å². The van der Waals surface area contributed by atoms with Gasteiger partial charge in [-0.1, -0.05) is 58.0 Å². The van der Waals surface area contributed by atoms with Gasteiger partial charge in [-0.05, 0) is 43.2 Å². The predicted octanol–water partition coefficient (Wildman–Crippen LogP) is 4.46. The molecule has 6 atom stereocenters. The minimum atomic E-state index is -3.87. The second-order valence-electron chi connectivity index (χ2n) is 9.31. The highest BCUT2D eigenvalue weighted by Gasteiger charge is 2.38. The first kappa shape index (κ1) is 27.8. The summed E-state index contributed by atoms with van der Waals surface area (Å²) < 4.78 is 51.6. The minimum absolute atomic E-state index is 0.0525. The highest BCUT2D eigenvalue weighted by atomic mass is 79.9. The maximum absolute atomic E-state index is 13.8. The number of fused-ring (bicyclic) bond motifs is 1. The van der Waals surface area contributed by atoms with Crippen LogP contribution in [0.1, 0.15) is 26.2 Å². The molecule has 6 unspecified atom stereocenters. The standard InChI is InChI=1S/C26H30BrFN2O6S/c1-17(37(33,34)22-10-8-20(27)9-11-22)36-21(15-28)16-35-26-14-19(7-13-25(26)30(31)32)24-12-6-18-4-2-3-5-23(18)29-24/h2-4,6-12,17,21,23-26,29H,5,13-16H2,1H3. The van der Waals surface area contributed by atoms with Crippen LogP contribution in [0.2, 0.25) is 0 Å². The monoisotopic (exact) mass is 596 g/mol. The highest BCUT2D eigenvalue weighted by Crippen LogP contribution is 2.30. The number of allylic oxidation sites excluding steroid dienone is 2. The van der Waals surface area contributed by atoms with E-state index in [4.69, 9.17) is 9.47 Å². The molecule has 1 aromatic carbocycles. The fourth-order valence-electron chi connectivity index (χ4n) is 4.72. The Balaban J connectivity index is 1.39. The number of rotatable bonds is 10. The molecule has 3 aliphatic rings. The molecule has 8 nitrogen and oxygen atoms in total. The molecular formula is C26H30BrFN2O6S. The van der Waals surface area contributed by atoms with Crippen molar-refractivity contribution in [2.24, 2.45) is 0 Å². The van der Waals surface area contributed by atoms with E-state index in [1.54, 1.807) is 12.1 Å². The molecule has 11 heteroatoms. The fourth-order valence-corrected chi connectivity index (χ4v) is 6.19. The van der Waals surface area contributed by atoms with Crippen LogP contribution in [-0.2, 0) is 19.3 Å². The van der Waals surface area contributed by atoms with Crippen LogP contribution in [0.15, 0.2) is 81.2 Å². The van der Waals surface area contributed by atoms with Crippen LogP contribution >= 0.6 is 15.9 Å². The Labute approximate surface area is 224 Å². The van der Waals surface area contributed by atoms with E-state index in [0.717, 1.165) is 16.5 Å². The van der Waals surface area contributed by atoms with Crippen molar-refractivity contribution >= 4 is 25.8 Å². The quantitative estimate of drug-likeness (QED) is 0.241. The number of halogens is 2. The Morgan fingerprint density at radius 2 is 2.03 bits per heavy atom. The summed E-state index contributed by atoms with van der Waals surface area (Å²) in [5.41, 5.74) is 0.854. The van der Waals surface area contributed by atoms with Gasteiger partial charge in [-0.15, -0.1) is 0 Å². The van der Waals surface area contributed by atoms with Crippen molar-refractivity contribution in [3.63, 3.8) is 0 Å². The van der Waals surface area contributed by atoms with E-state index in [-0.39, 0.29) is 34.9 Å². The molecule has 0 aromatic heterocycles. The highest BCUT2D eigenvalue weighted by molar-refractivity contribution is 9.10. The van der Waals surface area contributed by atoms with E-state index in [1.807, 2.05) is 18.2 Å². The van der Waals surface area contributed by atoms with Gasteiger partial charge >= 0.3 is 0 Å². The van der Waals surface area contributed by atoms with Crippen molar-refractivity contribution in [3.8, 4) is 0 Å². The molecule has 0 saturated heterocycles. The van der Waals surface area contributed by atoms with Gasteiger partial charge in [0.05, 0.1) is 11.5 Å². The van der Waals surface area contributed by atoms with Gasteiger partial charge in [-0.3, -0.25) is 15.4 Å². The molecule has 37 heavy (non-hydrogen) atoms. The van der Waals surface area contributed by atoms with Gasteiger partial charge in [0.15, 0.2) is 5.44 Å². The lowest BCUT2D eigenvalue weighted by molar-refractivity contribution is -0.535. The van der Waals surface area contributed by atoms with Crippen molar-refractivity contribution in [1.29, 1.82) is 0 Å². The van der Waals surface area contributed by atoms with Gasteiger partial charge in [0.1, 0.15) is 18.9 Å². The molecule has 1 heterocycles. The summed E-state index contributed by atoms with van der Waals surface area (Å²) in [6.07, 6.45) is 11.6. The molecule has 0 bridgehead atoms. The Bertz CT molecular complexity index is 1210. The minimum Gasteiger partial charge on any atom is -0.368 e. The summed E-state index contributed by atoms with van der Waals surface area (Å²) in [6, 6.07) is 5.21. The zero-order valence-corrected chi connectivity index (χ0v) is 22.7. The average Bonchev–Trinajstić information content (AvgIpc) is 2.90. The van der Waals surface area contributed by atoms with Gasteiger partial charge in [0.25, 0.3) is 0 Å². The number of benzene rings is 1. The first-order valence-electron chi connectivity index (χ1n) is 12.1. The second-order valence-corrected chi connectivity index (χ2v) is 12.4. The molecule has 200 valence electrons. The van der Waals surface area contributed by atoms with Crippen LogP contribution < -0.4 is 5.32 Å². The summed E-state index contributed by atoms with van der Waals surface area (Å²) in [4.78, 5) is 11.4. The largest absolute Gasteiger partial charge is 0.368 e. The van der Waals surface area contributed by atoms with Crippen LogP contribution in [-0.4, -0.2) is 62.4 Å². The molecule has 0 spiro atoms. The van der Waals surface area contributed by atoms with E-state index >= 15 is 0 Å². The lowest BCUT2D eigenvalue weighted by Gasteiger charge is -2.35. The summed E-state index contributed by atoms with van der Waals surface area (Å²) in [6.45, 7) is 0.0503. The SMILES string of the molecule is CC(OC(CF)COC1CC(C2C=CC3=CC=CCC3N2)=CCC1[N+](=O)[O-])S(=O)(=O)c1ccc(Br)cc1. The van der Waals surface area contributed by atoms with Crippen LogP contribution in [0.3, 0.4) is 0 Å². The third kappa shape index (κ3) is 6.64. The number of nitrogens with zero attached hydrogens (tertiary/aromatic N) is 1. The second kappa shape index (κ2) is 12.1. The van der Waals surface area contributed by atoms with Crippen molar-refractivity contribution < 1.29 is 27.2 Å². The molecule has 4 rings (SSSR count). The predicted molar refractivity (Wildman–Crippen MR) is 141 cm³/mol. The zero-order chi connectivity index (χ0) is 26.6. The van der Waals surface area contributed by atoms with E-state index in [1.165, 1.54) is 24.6 Å². The Kier molecular flexibility index (Phi) is 9.12. The number of nitrogens with one attached hydrogen (secondary N) is 1. The van der Waals surface area contributed by atoms with Crippen molar-refractivity contribution in [2.75, 3.05) is 13.3 Å². The molecule has 1 aliphatic heterocycles. The maximum Gasteiger partial charge on any atom is 0.242 e. The van der Waals surface area contributed by atoms with Gasteiger partial charge < -0.3 is 9.47 Å². The van der Waals surface area contributed by atoms with Crippen LogP contribution in [0, 0.1) is 10.1 Å². The average molecular weight is 598 g/mol. The lowest BCUT2D eigenvalue weighted by atomic mass is 9.85. The number of hydrogen-bond acceptors (Lipinski definition) is 7. The first-order valence-corrected chi connectivity index (χ1v) is 14.5. The van der Waals surface area contributed by atoms with Gasteiger partial charge in [-0.2, -0.15) is 0 Å². The number of nitro groups is 1. The summed E-state index contributed by atoms with van der Waals surface area (Å²) in [7, 11) is -3.87. The molecule has 0 radical (unpaired) electrons. The van der Waals surface area contributed by atoms with Gasteiger partial charge in [0.2, 0.25) is 15.9 Å². The van der Waals surface area contributed by atoms with Crippen LogP contribution in [0.25, 0.3) is 0 Å². The van der Waals surface area contributed by atoms with Crippen LogP contribution in [0.4, 0.5) is 4.39 Å². The van der Waals surface area contributed by atoms with Crippen LogP contribution in [0.5, 0.6) is 0 Å². The normalized spacial score (nSPS) is 27.1. The van der Waals surface area contributed by atoms with Gasteiger partial charge in [-0.25, -0.2) is 12.8 Å². The smallest absolute Gasteiger partial charge is 0.242 e. The summed E-state index contributed by atoms with van der Waals surface area (Å²) >= 11 is 3.26. The molecular weight excluding hydrogens is 567 g/mol. The molecule has 1 N–H and O–H groups in total. The molecule has 0 saturated carbocycles. The molecule has 0 fully saturated rings. The number of hydrogen-bond donors (Lipinski definition) is 1. The maximum atomic E-state index is 13.8. The zero-order valence-electron chi connectivity index (χ0n) is 20.3. The van der Waals surface area contributed by atoms with E-state index in [9.17, 15) is 22.9 Å². The lowest BCUT2D eigenvalue weighted by Crippen LogP contribution is -2.46. The third-order valence-electron chi connectivity index (χ3n) is 6.85. The van der Waals surface area contributed by atoms with Crippen molar-refractivity contribution in [3.05, 3.63) is 86.5 Å². The Morgan fingerprint density at radius 3 is 2.73 bits per heavy atom. The van der Waals surface area contributed by atoms with E-state index in [0.29, 0.717) is 6.42 Å². The molecule has 1 aromatic rings. The van der Waals surface area contributed by atoms with Crippen molar-refractivity contribution in [1.82, 2.24) is 5.32 Å². The summed E-state index contributed by atoms with van der Waals surface area (Å²) in [5, 5.41) is 15.3. The Hall–Kier alpha value is -2.18. The molecule has 0 amide bonds. The van der Waals surface area contributed by atoms with Gasteiger partial charge in [0, 0.05) is 34.3 Å². The number of sulfone groups is 1. The third-order valence-corrected chi connectivity index (χ3v) is 9.29. The first-order chi connectivity index (χ1) is 17.7. The number of ether oxygens (including phenoxy) is 2. The topological polar surface area (TPSA) is 108 Å². The van der Waals surface area contributed by atoms with E-state index < -0.39 is 40.2 Å².